The lowest BCUT2D eigenvalue weighted by Gasteiger charge is -2.33. The molecule has 0 aromatic carbocycles. The fourth-order valence-corrected chi connectivity index (χ4v) is 5.88. The summed E-state index contributed by atoms with van der Waals surface area (Å²) >= 11 is 0. The van der Waals surface area contributed by atoms with Crippen molar-refractivity contribution in [2.75, 3.05) is 26.2 Å². The van der Waals surface area contributed by atoms with Gasteiger partial charge in [-0.25, -0.2) is 9.50 Å². The van der Waals surface area contributed by atoms with Gasteiger partial charge in [-0.3, -0.25) is 0 Å². The first-order valence-corrected chi connectivity index (χ1v) is 11.3. The van der Waals surface area contributed by atoms with Gasteiger partial charge in [0.1, 0.15) is 5.69 Å². The summed E-state index contributed by atoms with van der Waals surface area (Å²) in [5.41, 5.74) is 0.0879. The summed E-state index contributed by atoms with van der Waals surface area (Å²) in [7, 11) is -3.54. The molecular weight excluding hydrogens is 407 g/mol. The third-order valence-corrected chi connectivity index (χ3v) is 7.67. The first-order chi connectivity index (χ1) is 13.7. The van der Waals surface area contributed by atoms with Crippen LogP contribution in [0.15, 0.2) is 12.1 Å². The van der Waals surface area contributed by atoms with E-state index >= 15 is 0 Å². The Labute approximate surface area is 167 Å². The Morgan fingerprint density at radius 1 is 1.10 bits per heavy atom. The lowest BCUT2D eigenvalue weighted by molar-refractivity contribution is -0.142. The van der Waals surface area contributed by atoms with Crippen LogP contribution >= 0.6 is 0 Å². The van der Waals surface area contributed by atoms with Gasteiger partial charge >= 0.3 is 6.18 Å². The first-order valence-electron chi connectivity index (χ1n) is 9.92. The van der Waals surface area contributed by atoms with Crippen LogP contribution in [-0.2, 0) is 22.8 Å². The fraction of sp³-hybridized carbons (Fsp3) is 0.667. The Morgan fingerprint density at radius 3 is 2.45 bits per heavy atom. The second-order valence-corrected chi connectivity index (χ2v) is 9.56. The molecule has 0 aliphatic carbocycles. The number of hydrogen-bond acceptors (Lipinski definition) is 4. The van der Waals surface area contributed by atoms with Gasteiger partial charge in [0, 0.05) is 43.9 Å². The highest BCUT2D eigenvalue weighted by atomic mass is 32.2. The van der Waals surface area contributed by atoms with Gasteiger partial charge in [0.25, 0.3) is 10.2 Å². The standard InChI is InChI=1S/C18H24F3N5O2S/c1-2-14-10-16(18(19,20)21)26-17(22-14)11-15(23-26)13-6-5-9-25(12-13)29(27,28)24-7-3-4-8-24/h10-11,13H,2-9,12H2,1H3. The molecule has 0 bridgehead atoms. The molecule has 7 nitrogen and oxygen atoms in total. The molecule has 29 heavy (non-hydrogen) atoms. The normalized spacial score (nSPS) is 22.6. The maximum Gasteiger partial charge on any atom is 0.433 e. The quantitative estimate of drug-likeness (QED) is 0.747. The minimum atomic E-state index is -4.55. The molecule has 0 radical (unpaired) electrons. The highest BCUT2D eigenvalue weighted by molar-refractivity contribution is 7.86. The van der Waals surface area contributed by atoms with E-state index in [1.54, 1.807) is 13.0 Å². The number of halogens is 3. The van der Waals surface area contributed by atoms with E-state index in [9.17, 15) is 21.6 Å². The number of alkyl halides is 3. The molecule has 1 atom stereocenters. The molecule has 11 heteroatoms. The second-order valence-electron chi connectivity index (χ2n) is 7.63. The van der Waals surface area contributed by atoms with E-state index in [2.05, 4.69) is 10.1 Å². The van der Waals surface area contributed by atoms with Crippen LogP contribution in [0, 0.1) is 0 Å². The summed E-state index contributed by atoms with van der Waals surface area (Å²) in [5.74, 6) is -0.256. The molecule has 0 amide bonds. The van der Waals surface area contributed by atoms with Gasteiger partial charge in [0.15, 0.2) is 5.65 Å². The summed E-state index contributed by atoms with van der Waals surface area (Å²) in [5, 5.41) is 4.19. The number of fused-ring (bicyclic) bond motifs is 1. The zero-order chi connectivity index (χ0) is 20.8. The largest absolute Gasteiger partial charge is 0.433 e. The van der Waals surface area contributed by atoms with Crippen LogP contribution in [0.25, 0.3) is 5.65 Å². The second kappa shape index (κ2) is 7.51. The van der Waals surface area contributed by atoms with Crippen molar-refractivity contribution in [2.45, 2.75) is 51.1 Å². The maximum atomic E-state index is 13.5. The molecule has 1 unspecified atom stereocenters. The highest BCUT2D eigenvalue weighted by Gasteiger charge is 2.38. The van der Waals surface area contributed by atoms with E-state index in [0.29, 0.717) is 50.3 Å². The van der Waals surface area contributed by atoms with Crippen LogP contribution in [-0.4, -0.2) is 57.8 Å². The smallest absolute Gasteiger partial charge is 0.234 e. The zero-order valence-electron chi connectivity index (χ0n) is 16.2. The average Bonchev–Trinajstić information content (AvgIpc) is 3.36. The van der Waals surface area contributed by atoms with Crippen molar-refractivity contribution in [1.82, 2.24) is 23.2 Å². The molecule has 4 heterocycles. The molecule has 4 rings (SSSR count). The van der Waals surface area contributed by atoms with E-state index in [1.807, 2.05) is 0 Å². The van der Waals surface area contributed by atoms with Gasteiger partial charge in [-0.15, -0.1) is 0 Å². The molecule has 0 spiro atoms. The molecule has 2 aromatic rings. The monoisotopic (exact) mass is 431 g/mol. The summed E-state index contributed by atoms with van der Waals surface area (Å²) in [6, 6.07) is 2.58. The average molecular weight is 431 g/mol. The summed E-state index contributed by atoms with van der Waals surface area (Å²) in [4.78, 5) is 4.27. The van der Waals surface area contributed by atoms with Crippen LogP contribution in [0.4, 0.5) is 13.2 Å². The summed E-state index contributed by atoms with van der Waals surface area (Å²) in [6.07, 6.45) is -1.14. The first kappa shape index (κ1) is 20.5. The zero-order valence-corrected chi connectivity index (χ0v) is 17.0. The lowest BCUT2D eigenvalue weighted by Crippen LogP contribution is -2.46. The Kier molecular flexibility index (Phi) is 5.32. The Morgan fingerprint density at radius 2 is 1.79 bits per heavy atom. The summed E-state index contributed by atoms with van der Waals surface area (Å²) in [6.45, 7) is 3.45. The van der Waals surface area contributed by atoms with Gasteiger partial charge in [-0.1, -0.05) is 6.92 Å². The van der Waals surface area contributed by atoms with Crippen molar-refractivity contribution in [3.63, 3.8) is 0 Å². The predicted octanol–water partition coefficient (Wildman–Crippen LogP) is 2.83. The Hall–Kier alpha value is -1.72. The van der Waals surface area contributed by atoms with Crippen molar-refractivity contribution < 1.29 is 21.6 Å². The van der Waals surface area contributed by atoms with Crippen LogP contribution < -0.4 is 0 Å². The Bertz CT molecular complexity index is 999. The van der Waals surface area contributed by atoms with Crippen LogP contribution in [0.2, 0.25) is 0 Å². The van der Waals surface area contributed by atoms with Crippen LogP contribution in [0.5, 0.6) is 0 Å². The van der Waals surface area contributed by atoms with Crippen molar-refractivity contribution in [2.24, 2.45) is 0 Å². The third kappa shape index (κ3) is 3.87. The van der Waals surface area contributed by atoms with E-state index < -0.39 is 22.1 Å². The molecule has 2 aliphatic rings. The maximum absolute atomic E-state index is 13.5. The van der Waals surface area contributed by atoms with Crippen LogP contribution in [0.3, 0.4) is 0 Å². The molecular formula is C18H24F3N5O2S. The fourth-order valence-electron chi connectivity index (χ4n) is 4.10. The lowest BCUT2D eigenvalue weighted by atomic mass is 9.96. The van der Waals surface area contributed by atoms with Crippen LogP contribution in [0.1, 0.15) is 55.6 Å². The van der Waals surface area contributed by atoms with E-state index in [-0.39, 0.29) is 18.1 Å². The molecule has 160 valence electrons. The topological polar surface area (TPSA) is 70.8 Å². The van der Waals surface area contributed by atoms with Crippen molar-refractivity contribution in [3.05, 3.63) is 29.2 Å². The highest BCUT2D eigenvalue weighted by Crippen LogP contribution is 2.33. The predicted molar refractivity (Wildman–Crippen MR) is 101 cm³/mol. The molecule has 0 N–H and O–H groups in total. The van der Waals surface area contributed by atoms with Gasteiger partial charge in [0.2, 0.25) is 0 Å². The number of aromatic nitrogens is 3. The molecule has 0 saturated carbocycles. The Balaban J connectivity index is 1.66. The molecule has 2 saturated heterocycles. The number of aryl methyl sites for hydroxylation is 1. The van der Waals surface area contributed by atoms with Gasteiger partial charge in [-0.05, 0) is 38.2 Å². The minimum Gasteiger partial charge on any atom is -0.234 e. The third-order valence-electron chi connectivity index (χ3n) is 5.67. The number of piperidine rings is 1. The van der Waals surface area contributed by atoms with E-state index in [4.69, 9.17) is 0 Å². The van der Waals surface area contributed by atoms with Gasteiger partial charge in [-0.2, -0.15) is 35.3 Å². The van der Waals surface area contributed by atoms with E-state index in [0.717, 1.165) is 23.4 Å². The number of nitrogens with zero attached hydrogens (tertiary/aromatic N) is 5. The molecule has 2 aliphatic heterocycles. The molecule has 2 fully saturated rings. The van der Waals surface area contributed by atoms with Gasteiger partial charge < -0.3 is 0 Å². The van der Waals surface area contributed by atoms with Crippen molar-refractivity contribution in [1.29, 1.82) is 0 Å². The minimum absolute atomic E-state index is 0.145. The van der Waals surface area contributed by atoms with Crippen molar-refractivity contribution >= 4 is 15.9 Å². The molecule has 2 aromatic heterocycles. The van der Waals surface area contributed by atoms with Gasteiger partial charge in [0.05, 0.1) is 5.69 Å². The van der Waals surface area contributed by atoms with Crippen molar-refractivity contribution in [3.8, 4) is 0 Å². The SMILES string of the molecule is CCc1cc(C(F)(F)F)n2nc(C3CCCN(S(=O)(=O)N4CCCC4)C3)cc2n1. The summed E-state index contributed by atoms with van der Waals surface area (Å²) < 4.78 is 70.0. The van der Waals surface area contributed by atoms with E-state index in [1.165, 1.54) is 8.61 Å². The number of hydrogen-bond donors (Lipinski definition) is 0. The number of rotatable bonds is 4.